The van der Waals surface area contributed by atoms with Crippen LogP contribution >= 0.6 is 15.9 Å². The van der Waals surface area contributed by atoms with E-state index in [2.05, 4.69) is 21.4 Å². The summed E-state index contributed by atoms with van der Waals surface area (Å²) in [5.74, 6) is 7.31. The Morgan fingerprint density at radius 2 is 2.28 bits per heavy atom. The third kappa shape index (κ3) is 2.93. The Hall–Kier alpha value is -1.30. The van der Waals surface area contributed by atoms with Crippen molar-refractivity contribution in [1.82, 2.24) is 5.43 Å². The lowest BCUT2D eigenvalue weighted by atomic mass is 10.0. The van der Waals surface area contributed by atoms with E-state index in [9.17, 15) is 0 Å². The van der Waals surface area contributed by atoms with Gasteiger partial charge in [-0.15, -0.1) is 0 Å². The zero-order chi connectivity index (χ0) is 13.0. The van der Waals surface area contributed by atoms with Crippen LogP contribution in [0, 0.1) is 0 Å². The molecule has 1 atom stereocenters. The number of ether oxygens (including phenoxy) is 1. The molecule has 0 radical (unpaired) electrons. The van der Waals surface area contributed by atoms with Crippen LogP contribution in [0.1, 0.15) is 17.4 Å². The van der Waals surface area contributed by atoms with Gasteiger partial charge in [-0.3, -0.25) is 11.3 Å². The second-order valence-electron chi connectivity index (χ2n) is 3.89. The summed E-state index contributed by atoms with van der Waals surface area (Å²) in [7, 11) is 1.64. The molecule has 3 N–H and O–H groups in total. The number of furan rings is 1. The van der Waals surface area contributed by atoms with Crippen LogP contribution in [-0.2, 0) is 6.42 Å². The molecule has 5 heteroatoms. The summed E-state index contributed by atoms with van der Waals surface area (Å²) >= 11 is 3.52. The van der Waals surface area contributed by atoms with Crippen molar-refractivity contribution in [2.24, 2.45) is 5.84 Å². The molecule has 0 aliphatic rings. The molecule has 2 rings (SSSR count). The van der Waals surface area contributed by atoms with Gasteiger partial charge in [0.25, 0.3) is 0 Å². The number of methoxy groups -OCH3 is 1. The van der Waals surface area contributed by atoms with Gasteiger partial charge in [0.05, 0.1) is 19.4 Å². The largest absolute Gasteiger partial charge is 0.497 e. The van der Waals surface area contributed by atoms with Gasteiger partial charge in [0, 0.05) is 10.9 Å². The zero-order valence-electron chi connectivity index (χ0n) is 10.0. The summed E-state index contributed by atoms with van der Waals surface area (Å²) in [5.41, 5.74) is 3.84. The molecule has 1 unspecified atom stereocenters. The van der Waals surface area contributed by atoms with Gasteiger partial charge in [0.15, 0.2) is 0 Å². The molecule has 0 amide bonds. The molecule has 1 heterocycles. The third-order valence-electron chi connectivity index (χ3n) is 2.77. The molecule has 0 saturated heterocycles. The quantitative estimate of drug-likeness (QED) is 0.658. The second kappa shape index (κ2) is 6.04. The van der Waals surface area contributed by atoms with E-state index >= 15 is 0 Å². The summed E-state index contributed by atoms with van der Waals surface area (Å²) in [6, 6.07) is 9.55. The van der Waals surface area contributed by atoms with Gasteiger partial charge < -0.3 is 9.15 Å². The maximum Gasteiger partial charge on any atom is 0.119 e. The monoisotopic (exact) mass is 310 g/mol. The van der Waals surface area contributed by atoms with Crippen molar-refractivity contribution in [3.05, 3.63) is 52.4 Å². The summed E-state index contributed by atoms with van der Waals surface area (Å²) in [6.45, 7) is 0. The highest BCUT2D eigenvalue weighted by Crippen LogP contribution is 2.29. The van der Waals surface area contributed by atoms with E-state index in [0.717, 1.165) is 21.5 Å². The number of hydrogen-bond acceptors (Lipinski definition) is 4. The van der Waals surface area contributed by atoms with Crippen LogP contribution in [0.5, 0.6) is 5.75 Å². The Morgan fingerprint density at radius 1 is 1.44 bits per heavy atom. The molecule has 2 aromatic rings. The predicted octanol–water partition coefficient (Wildman–Crippen LogP) is 2.80. The number of hydrazine groups is 1. The van der Waals surface area contributed by atoms with Crippen LogP contribution < -0.4 is 16.0 Å². The molecule has 0 aliphatic heterocycles. The van der Waals surface area contributed by atoms with Crippen molar-refractivity contribution >= 4 is 15.9 Å². The highest BCUT2D eigenvalue weighted by molar-refractivity contribution is 9.10. The summed E-state index contributed by atoms with van der Waals surface area (Å²) in [6.07, 6.45) is 2.33. The number of hydrogen-bond donors (Lipinski definition) is 2. The highest BCUT2D eigenvalue weighted by atomic mass is 79.9. The maximum atomic E-state index is 5.63. The van der Waals surface area contributed by atoms with Crippen LogP contribution in [0.25, 0.3) is 0 Å². The lowest BCUT2D eigenvalue weighted by Gasteiger charge is -2.17. The van der Waals surface area contributed by atoms with Gasteiger partial charge >= 0.3 is 0 Å². The topological polar surface area (TPSA) is 60.4 Å². The third-order valence-corrected chi connectivity index (χ3v) is 3.49. The molecule has 18 heavy (non-hydrogen) atoms. The number of nitrogens with one attached hydrogen (secondary N) is 1. The Bertz CT molecular complexity index is 500. The van der Waals surface area contributed by atoms with E-state index in [0.29, 0.717) is 6.42 Å². The smallest absolute Gasteiger partial charge is 0.119 e. The lowest BCUT2D eigenvalue weighted by Crippen LogP contribution is -2.29. The van der Waals surface area contributed by atoms with E-state index in [1.807, 2.05) is 30.3 Å². The molecular weight excluding hydrogens is 296 g/mol. The van der Waals surface area contributed by atoms with Gasteiger partial charge in [0.1, 0.15) is 11.5 Å². The van der Waals surface area contributed by atoms with Crippen LogP contribution in [0.15, 0.2) is 45.5 Å². The fourth-order valence-corrected chi connectivity index (χ4v) is 2.33. The SMILES string of the molecule is COc1ccc(Br)c(C(Cc2ccco2)NN)c1. The molecular formula is C13H15BrN2O2. The van der Waals surface area contributed by atoms with E-state index in [1.165, 1.54) is 0 Å². The first-order valence-corrected chi connectivity index (χ1v) is 6.36. The number of benzene rings is 1. The standard InChI is InChI=1S/C13H15BrN2O2/c1-17-9-4-5-12(14)11(7-9)13(16-15)8-10-3-2-6-18-10/h2-7,13,16H,8,15H2,1H3. The summed E-state index contributed by atoms with van der Waals surface area (Å²) in [5, 5.41) is 0. The van der Waals surface area contributed by atoms with Gasteiger partial charge in [0.2, 0.25) is 0 Å². The normalized spacial score (nSPS) is 12.4. The van der Waals surface area contributed by atoms with E-state index in [4.69, 9.17) is 15.0 Å². The Morgan fingerprint density at radius 3 is 2.89 bits per heavy atom. The van der Waals surface area contributed by atoms with E-state index < -0.39 is 0 Å². The van der Waals surface area contributed by atoms with Crippen molar-refractivity contribution in [1.29, 1.82) is 0 Å². The predicted molar refractivity (Wildman–Crippen MR) is 73.2 cm³/mol. The molecule has 96 valence electrons. The van der Waals surface area contributed by atoms with Crippen LogP contribution in [0.2, 0.25) is 0 Å². The molecule has 0 saturated carbocycles. The molecule has 1 aromatic heterocycles. The van der Waals surface area contributed by atoms with Gasteiger partial charge in [-0.2, -0.15) is 0 Å². The van der Waals surface area contributed by atoms with Crippen molar-refractivity contribution in [2.45, 2.75) is 12.5 Å². The van der Waals surface area contributed by atoms with Gasteiger partial charge in [-0.05, 0) is 35.9 Å². The molecule has 4 nitrogen and oxygen atoms in total. The van der Waals surface area contributed by atoms with Crippen LogP contribution in [0.3, 0.4) is 0 Å². The maximum absolute atomic E-state index is 5.63. The van der Waals surface area contributed by atoms with Crippen LogP contribution in [0.4, 0.5) is 0 Å². The minimum Gasteiger partial charge on any atom is -0.497 e. The molecule has 0 bridgehead atoms. The fraction of sp³-hybridized carbons (Fsp3) is 0.231. The first kappa shape index (κ1) is 13.1. The van der Waals surface area contributed by atoms with E-state index in [-0.39, 0.29) is 6.04 Å². The Balaban J connectivity index is 2.26. The Labute approximate surface area is 114 Å². The van der Waals surface area contributed by atoms with E-state index in [1.54, 1.807) is 13.4 Å². The molecule has 0 spiro atoms. The van der Waals surface area contributed by atoms with Gasteiger partial charge in [-0.1, -0.05) is 15.9 Å². The lowest BCUT2D eigenvalue weighted by molar-refractivity contribution is 0.411. The van der Waals surface area contributed by atoms with Gasteiger partial charge in [-0.25, -0.2) is 0 Å². The zero-order valence-corrected chi connectivity index (χ0v) is 11.6. The summed E-state index contributed by atoms with van der Waals surface area (Å²) in [4.78, 5) is 0. The highest BCUT2D eigenvalue weighted by Gasteiger charge is 2.16. The fourth-order valence-electron chi connectivity index (χ4n) is 1.80. The first-order valence-electron chi connectivity index (χ1n) is 5.56. The summed E-state index contributed by atoms with van der Waals surface area (Å²) < 4.78 is 11.6. The molecule has 0 fully saturated rings. The molecule has 1 aromatic carbocycles. The number of rotatable bonds is 5. The first-order chi connectivity index (χ1) is 8.74. The van der Waals surface area contributed by atoms with Crippen molar-refractivity contribution in [2.75, 3.05) is 7.11 Å². The second-order valence-corrected chi connectivity index (χ2v) is 4.74. The average Bonchev–Trinajstić information content (AvgIpc) is 2.90. The number of halogens is 1. The van der Waals surface area contributed by atoms with Crippen molar-refractivity contribution in [3.63, 3.8) is 0 Å². The van der Waals surface area contributed by atoms with Crippen molar-refractivity contribution in [3.8, 4) is 5.75 Å². The average molecular weight is 311 g/mol. The minimum absolute atomic E-state index is 0.0411. The van der Waals surface area contributed by atoms with Crippen molar-refractivity contribution < 1.29 is 9.15 Å². The minimum atomic E-state index is -0.0411. The Kier molecular flexibility index (Phi) is 4.41. The number of nitrogens with two attached hydrogens (primary N) is 1. The van der Waals surface area contributed by atoms with Crippen LogP contribution in [-0.4, -0.2) is 7.11 Å². The molecule has 0 aliphatic carbocycles.